The van der Waals surface area contributed by atoms with Gasteiger partial charge in [0.2, 0.25) is 5.91 Å². The minimum atomic E-state index is -0.136. The predicted octanol–water partition coefficient (Wildman–Crippen LogP) is 2.41. The van der Waals surface area contributed by atoms with Crippen molar-refractivity contribution in [3.05, 3.63) is 29.3 Å². The number of hydrogen-bond acceptors (Lipinski definition) is 3. The maximum atomic E-state index is 11.9. The molecule has 0 spiro atoms. The zero-order valence-electron chi connectivity index (χ0n) is 10.5. The van der Waals surface area contributed by atoms with Crippen LogP contribution in [0.1, 0.15) is 11.1 Å². The Morgan fingerprint density at radius 3 is 2.61 bits per heavy atom. The topological polar surface area (TPSA) is 49.4 Å². The van der Waals surface area contributed by atoms with Crippen molar-refractivity contribution < 1.29 is 9.59 Å². The Bertz CT molecular complexity index is 468. The van der Waals surface area contributed by atoms with E-state index in [4.69, 9.17) is 0 Å². The molecule has 0 bridgehead atoms. The third-order valence-corrected chi connectivity index (χ3v) is 3.82. The molecule has 1 aliphatic rings. The van der Waals surface area contributed by atoms with Gasteiger partial charge in [-0.1, -0.05) is 30.0 Å². The quantitative estimate of drug-likeness (QED) is 0.912. The molecule has 2 rings (SSSR count). The number of amides is 2. The molecule has 4 nitrogen and oxygen atoms in total. The Labute approximate surface area is 111 Å². The van der Waals surface area contributed by atoms with E-state index in [2.05, 4.69) is 5.32 Å². The van der Waals surface area contributed by atoms with E-state index >= 15 is 0 Å². The zero-order chi connectivity index (χ0) is 13.1. The first kappa shape index (κ1) is 13.0. The van der Waals surface area contributed by atoms with Crippen molar-refractivity contribution in [1.29, 1.82) is 0 Å². The first-order valence-corrected chi connectivity index (χ1v) is 6.84. The molecule has 18 heavy (non-hydrogen) atoms. The minimum Gasteiger partial charge on any atom is -0.324 e. The molecule has 0 aliphatic carbocycles. The smallest absolute Gasteiger partial charge is 0.282 e. The highest BCUT2D eigenvalue weighted by atomic mass is 32.2. The van der Waals surface area contributed by atoms with Crippen LogP contribution in [0, 0.1) is 13.8 Å². The van der Waals surface area contributed by atoms with E-state index in [1.807, 2.05) is 32.0 Å². The fourth-order valence-electron chi connectivity index (χ4n) is 1.93. The van der Waals surface area contributed by atoms with E-state index < -0.39 is 0 Å². The van der Waals surface area contributed by atoms with Gasteiger partial charge in [-0.25, -0.2) is 0 Å². The van der Waals surface area contributed by atoms with Crippen LogP contribution in [-0.4, -0.2) is 34.9 Å². The SMILES string of the molecule is Cc1cccc(C)c1NC(=O)CN1CCSC1=O. The van der Waals surface area contributed by atoms with Crippen LogP contribution in [0.15, 0.2) is 18.2 Å². The van der Waals surface area contributed by atoms with Gasteiger partial charge >= 0.3 is 0 Å². The molecule has 5 heteroatoms. The maximum Gasteiger partial charge on any atom is 0.282 e. The number of carbonyl (C=O) groups excluding carboxylic acids is 2. The molecule has 0 aromatic heterocycles. The second kappa shape index (κ2) is 5.44. The lowest BCUT2D eigenvalue weighted by Gasteiger charge is -2.16. The predicted molar refractivity (Wildman–Crippen MR) is 74.0 cm³/mol. The third-order valence-electron chi connectivity index (χ3n) is 2.92. The number of anilines is 1. The average Bonchev–Trinajstić information content (AvgIpc) is 2.70. The zero-order valence-corrected chi connectivity index (χ0v) is 11.3. The van der Waals surface area contributed by atoms with Crippen molar-refractivity contribution >= 4 is 28.6 Å². The molecule has 1 aromatic rings. The summed E-state index contributed by atoms with van der Waals surface area (Å²) >= 11 is 1.27. The Hall–Kier alpha value is -1.49. The molecule has 1 fully saturated rings. The molecule has 96 valence electrons. The minimum absolute atomic E-state index is 0.00773. The van der Waals surface area contributed by atoms with Gasteiger partial charge in [0.15, 0.2) is 0 Å². The van der Waals surface area contributed by atoms with Gasteiger partial charge in [-0.2, -0.15) is 0 Å². The molecule has 0 saturated carbocycles. The highest BCUT2D eigenvalue weighted by molar-refractivity contribution is 8.13. The number of hydrogen-bond donors (Lipinski definition) is 1. The van der Waals surface area contributed by atoms with Crippen LogP contribution in [-0.2, 0) is 4.79 Å². The standard InChI is InChI=1S/C13H16N2O2S/c1-9-4-3-5-10(2)12(9)14-11(16)8-15-6-7-18-13(15)17/h3-5H,6-8H2,1-2H3,(H,14,16). The lowest BCUT2D eigenvalue weighted by Crippen LogP contribution is -2.33. The van der Waals surface area contributed by atoms with Crippen molar-refractivity contribution in [3.8, 4) is 0 Å². The third kappa shape index (κ3) is 2.85. The number of para-hydroxylation sites is 1. The molecular weight excluding hydrogens is 248 g/mol. The van der Waals surface area contributed by atoms with E-state index in [1.54, 1.807) is 4.90 Å². The van der Waals surface area contributed by atoms with Crippen LogP contribution >= 0.6 is 11.8 Å². The van der Waals surface area contributed by atoms with Gasteiger partial charge in [0.05, 0.1) is 0 Å². The summed E-state index contributed by atoms with van der Waals surface area (Å²) in [5.41, 5.74) is 2.91. The molecule has 1 heterocycles. The number of aryl methyl sites for hydroxylation is 2. The normalized spacial score (nSPS) is 15.0. The lowest BCUT2D eigenvalue weighted by molar-refractivity contribution is -0.116. The lowest BCUT2D eigenvalue weighted by atomic mass is 10.1. The van der Waals surface area contributed by atoms with E-state index in [9.17, 15) is 9.59 Å². The monoisotopic (exact) mass is 264 g/mol. The van der Waals surface area contributed by atoms with Gasteiger partial charge in [0.1, 0.15) is 6.54 Å². The fraction of sp³-hybridized carbons (Fsp3) is 0.385. The van der Waals surface area contributed by atoms with Gasteiger partial charge < -0.3 is 10.2 Å². The Kier molecular flexibility index (Phi) is 3.91. The molecule has 1 saturated heterocycles. The Morgan fingerprint density at radius 1 is 1.39 bits per heavy atom. The largest absolute Gasteiger partial charge is 0.324 e. The fourth-order valence-corrected chi connectivity index (χ4v) is 2.76. The van der Waals surface area contributed by atoms with Crippen molar-refractivity contribution in [2.24, 2.45) is 0 Å². The summed E-state index contributed by atoms with van der Waals surface area (Å²) in [6.07, 6.45) is 0. The molecular formula is C13H16N2O2S. The average molecular weight is 264 g/mol. The van der Waals surface area contributed by atoms with Gasteiger partial charge in [-0.3, -0.25) is 9.59 Å². The van der Waals surface area contributed by atoms with Crippen LogP contribution in [0.25, 0.3) is 0 Å². The Morgan fingerprint density at radius 2 is 2.06 bits per heavy atom. The molecule has 1 aromatic carbocycles. The van der Waals surface area contributed by atoms with Crippen molar-refractivity contribution in [2.75, 3.05) is 24.2 Å². The molecule has 0 atom stereocenters. The van der Waals surface area contributed by atoms with Crippen LogP contribution in [0.2, 0.25) is 0 Å². The van der Waals surface area contributed by atoms with E-state index in [0.717, 1.165) is 22.6 Å². The molecule has 0 unspecified atom stereocenters. The summed E-state index contributed by atoms with van der Waals surface area (Å²) < 4.78 is 0. The highest BCUT2D eigenvalue weighted by Gasteiger charge is 2.23. The summed E-state index contributed by atoms with van der Waals surface area (Å²) in [6.45, 7) is 4.71. The van der Waals surface area contributed by atoms with Gasteiger partial charge in [0.25, 0.3) is 5.24 Å². The summed E-state index contributed by atoms with van der Waals surface area (Å²) in [4.78, 5) is 24.9. The molecule has 1 N–H and O–H groups in total. The van der Waals surface area contributed by atoms with Gasteiger partial charge in [-0.05, 0) is 25.0 Å². The summed E-state index contributed by atoms with van der Waals surface area (Å²) in [5, 5.41) is 2.88. The van der Waals surface area contributed by atoms with Crippen LogP contribution in [0.3, 0.4) is 0 Å². The number of carbonyl (C=O) groups is 2. The van der Waals surface area contributed by atoms with Gasteiger partial charge in [-0.15, -0.1) is 0 Å². The summed E-state index contributed by atoms with van der Waals surface area (Å²) in [7, 11) is 0. The Balaban J connectivity index is 2.01. The van der Waals surface area contributed by atoms with Crippen LogP contribution in [0.5, 0.6) is 0 Å². The highest BCUT2D eigenvalue weighted by Crippen LogP contribution is 2.20. The first-order chi connectivity index (χ1) is 8.58. The number of nitrogens with one attached hydrogen (secondary N) is 1. The van der Waals surface area contributed by atoms with E-state index in [1.165, 1.54) is 11.8 Å². The molecule has 0 radical (unpaired) electrons. The van der Waals surface area contributed by atoms with Crippen molar-refractivity contribution in [1.82, 2.24) is 4.90 Å². The van der Waals surface area contributed by atoms with Crippen molar-refractivity contribution in [3.63, 3.8) is 0 Å². The summed E-state index contributed by atoms with van der Waals surface area (Å²) in [6, 6.07) is 5.87. The molecule has 1 aliphatic heterocycles. The summed E-state index contributed by atoms with van der Waals surface area (Å²) in [5.74, 6) is 0.637. The van der Waals surface area contributed by atoms with Crippen molar-refractivity contribution in [2.45, 2.75) is 13.8 Å². The van der Waals surface area contributed by atoms with Crippen LogP contribution < -0.4 is 5.32 Å². The number of thioether (sulfide) groups is 1. The van der Waals surface area contributed by atoms with Crippen LogP contribution in [0.4, 0.5) is 10.5 Å². The second-order valence-electron chi connectivity index (χ2n) is 4.35. The first-order valence-electron chi connectivity index (χ1n) is 5.85. The number of rotatable bonds is 3. The number of benzene rings is 1. The second-order valence-corrected chi connectivity index (χ2v) is 5.40. The maximum absolute atomic E-state index is 11.9. The van der Waals surface area contributed by atoms with E-state index in [0.29, 0.717) is 6.54 Å². The molecule has 2 amide bonds. The number of nitrogens with zero attached hydrogens (tertiary/aromatic N) is 1. The van der Waals surface area contributed by atoms with E-state index in [-0.39, 0.29) is 17.7 Å². The van der Waals surface area contributed by atoms with Gasteiger partial charge in [0, 0.05) is 18.0 Å².